The molecule has 0 bridgehead atoms. The summed E-state index contributed by atoms with van der Waals surface area (Å²) in [6.07, 6.45) is -1.88. The fourth-order valence-electron chi connectivity index (χ4n) is 2.22. The van der Waals surface area contributed by atoms with Gasteiger partial charge >= 0.3 is 0 Å². The third kappa shape index (κ3) is 2.78. The lowest BCUT2D eigenvalue weighted by Gasteiger charge is -2.28. The van der Waals surface area contributed by atoms with Crippen molar-refractivity contribution in [2.75, 3.05) is 25.5 Å². The van der Waals surface area contributed by atoms with Crippen LogP contribution in [0.4, 0.5) is 14.5 Å². The summed E-state index contributed by atoms with van der Waals surface area (Å²) in [5, 5.41) is 3.17. The lowest BCUT2D eigenvalue weighted by Crippen LogP contribution is -2.41. The molecule has 0 fully saturated rings. The van der Waals surface area contributed by atoms with Crippen molar-refractivity contribution in [3.63, 3.8) is 0 Å². The van der Waals surface area contributed by atoms with E-state index in [-0.39, 0.29) is 11.8 Å². The minimum absolute atomic E-state index is 0.225. The van der Waals surface area contributed by atoms with Crippen LogP contribution in [0.2, 0.25) is 0 Å². The maximum absolute atomic E-state index is 12.2. The maximum Gasteiger partial charge on any atom is 0.255 e. The Morgan fingerprint density at radius 3 is 2.94 bits per heavy atom. The molecule has 1 atom stereocenters. The lowest BCUT2D eigenvalue weighted by molar-refractivity contribution is -0.135. The van der Waals surface area contributed by atoms with Gasteiger partial charge in [0.05, 0.1) is 12.5 Å². The van der Waals surface area contributed by atoms with Gasteiger partial charge in [0.1, 0.15) is 0 Å². The summed E-state index contributed by atoms with van der Waals surface area (Å²) in [7, 11) is 1.43. The van der Waals surface area contributed by atoms with Crippen molar-refractivity contribution in [1.82, 2.24) is 4.90 Å². The molecule has 1 heterocycles. The second kappa shape index (κ2) is 5.33. The zero-order valence-corrected chi connectivity index (χ0v) is 10.2. The Morgan fingerprint density at radius 2 is 2.22 bits per heavy atom. The molecule has 0 saturated heterocycles. The Hall–Kier alpha value is -1.65. The van der Waals surface area contributed by atoms with Crippen LogP contribution in [0.15, 0.2) is 24.3 Å². The molecule has 1 aliphatic heterocycles. The van der Waals surface area contributed by atoms with E-state index < -0.39 is 13.0 Å². The summed E-state index contributed by atoms with van der Waals surface area (Å²) in [6, 6.07) is 7.75. The maximum atomic E-state index is 12.2. The Balaban J connectivity index is 2.02. The Morgan fingerprint density at radius 1 is 1.50 bits per heavy atom. The highest BCUT2D eigenvalue weighted by molar-refractivity contribution is 5.80. The van der Waals surface area contributed by atoms with Gasteiger partial charge in [0, 0.05) is 19.3 Å². The number of fused-ring (bicyclic) bond motifs is 1. The number of carbonyl (C=O) groups excluding carboxylic acids is 1. The molecule has 2 rings (SSSR count). The number of hydrogen-bond acceptors (Lipinski definition) is 2. The highest BCUT2D eigenvalue weighted by Gasteiger charge is 2.27. The van der Waals surface area contributed by atoms with Gasteiger partial charge in [-0.1, -0.05) is 18.2 Å². The second-order valence-electron chi connectivity index (χ2n) is 4.55. The Kier molecular flexibility index (Phi) is 3.79. The molecule has 1 unspecified atom stereocenters. The Labute approximate surface area is 105 Å². The molecule has 5 heteroatoms. The lowest BCUT2D eigenvalue weighted by atomic mass is 9.93. The molecule has 1 amide bonds. The van der Waals surface area contributed by atoms with Crippen LogP contribution >= 0.6 is 0 Å². The molecule has 0 aliphatic carbocycles. The number of carbonyl (C=O) groups is 1. The van der Waals surface area contributed by atoms with Gasteiger partial charge < -0.3 is 10.2 Å². The fourth-order valence-corrected chi connectivity index (χ4v) is 2.22. The first kappa shape index (κ1) is 12.8. The van der Waals surface area contributed by atoms with E-state index in [0.29, 0.717) is 13.0 Å². The predicted molar refractivity (Wildman–Crippen MR) is 65.8 cm³/mol. The smallest absolute Gasteiger partial charge is 0.255 e. The van der Waals surface area contributed by atoms with Crippen LogP contribution < -0.4 is 5.32 Å². The van der Waals surface area contributed by atoms with E-state index in [9.17, 15) is 13.6 Å². The van der Waals surface area contributed by atoms with Gasteiger partial charge in [0.15, 0.2) is 0 Å². The normalized spacial score (nSPS) is 18.1. The first-order valence-electron chi connectivity index (χ1n) is 5.93. The van der Waals surface area contributed by atoms with Gasteiger partial charge in [0.25, 0.3) is 6.43 Å². The molecule has 1 aliphatic rings. The summed E-state index contributed by atoms with van der Waals surface area (Å²) in [4.78, 5) is 13.1. The third-order valence-electron chi connectivity index (χ3n) is 3.16. The number of rotatable bonds is 3. The van der Waals surface area contributed by atoms with E-state index in [1.165, 1.54) is 7.05 Å². The number of alkyl halides is 2. The van der Waals surface area contributed by atoms with Crippen molar-refractivity contribution in [1.29, 1.82) is 0 Å². The average molecular weight is 254 g/mol. The highest BCUT2D eigenvalue weighted by Crippen LogP contribution is 2.25. The van der Waals surface area contributed by atoms with Crippen LogP contribution in [-0.2, 0) is 11.2 Å². The number of amides is 1. The molecule has 1 aromatic carbocycles. The van der Waals surface area contributed by atoms with E-state index in [0.717, 1.165) is 16.2 Å². The molecule has 0 radical (unpaired) electrons. The fraction of sp³-hybridized carbons (Fsp3) is 0.462. The van der Waals surface area contributed by atoms with Crippen molar-refractivity contribution in [3.05, 3.63) is 29.8 Å². The third-order valence-corrected chi connectivity index (χ3v) is 3.16. The minimum atomic E-state index is -2.48. The predicted octanol–water partition coefficient (Wildman–Crippen LogP) is 1.99. The van der Waals surface area contributed by atoms with E-state index in [2.05, 4.69) is 5.32 Å². The SMILES string of the molecule is CN(CC(F)F)C(=O)C1CNc2ccccc2C1. The summed E-state index contributed by atoms with van der Waals surface area (Å²) >= 11 is 0. The van der Waals surface area contributed by atoms with E-state index in [4.69, 9.17) is 0 Å². The van der Waals surface area contributed by atoms with Crippen LogP contribution in [0, 0.1) is 5.92 Å². The van der Waals surface area contributed by atoms with Crippen LogP contribution in [0.3, 0.4) is 0 Å². The van der Waals surface area contributed by atoms with Crippen LogP contribution in [0.1, 0.15) is 5.56 Å². The molecule has 0 saturated carbocycles. The van der Waals surface area contributed by atoms with E-state index in [1.807, 2.05) is 24.3 Å². The Bertz CT molecular complexity index is 437. The first-order chi connectivity index (χ1) is 8.58. The average Bonchev–Trinajstić information content (AvgIpc) is 2.36. The summed E-state index contributed by atoms with van der Waals surface area (Å²) < 4.78 is 24.5. The summed E-state index contributed by atoms with van der Waals surface area (Å²) in [5.74, 6) is -0.485. The first-order valence-corrected chi connectivity index (χ1v) is 5.93. The van der Waals surface area contributed by atoms with Gasteiger partial charge in [-0.15, -0.1) is 0 Å². The number of nitrogens with zero attached hydrogens (tertiary/aromatic N) is 1. The van der Waals surface area contributed by atoms with Gasteiger partial charge in [0.2, 0.25) is 5.91 Å². The number of anilines is 1. The molecular formula is C13H16F2N2O. The van der Waals surface area contributed by atoms with Gasteiger partial charge in [-0.05, 0) is 18.1 Å². The molecule has 0 spiro atoms. The van der Waals surface area contributed by atoms with E-state index in [1.54, 1.807) is 0 Å². The molecular weight excluding hydrogens is 238 g/mol. The van der Waals surface area contributed by atoms with Crippen molar-refractivity contribution in [2.45, 2.75) is 12.8 Å². The van der Waals surface area contributed by atoms with Crippen LogP contribution in [0.25, 0.3) is 0 Å². The molecule has 98 valence electrons. The number of benzene rings is 1. The highest BCUT2D eigenvalue weighted by atomic mass is 19.3. The largest absolute Gasteiger partial charge is 0.384 e. The summed E-state index contributed by atoms with van der Waals surface area (Å²) in [6.45, 7) is 0.000402. The minimum Gasteiger partial charge on any atom is -0.384 e. The topological polar surface area (TPSA) is 32.3 Å². The van der Waals surface area contributed by atoms with Crippen molar-refractivity contribution < 1.29 is 13.6 Å². The molecule has 3 nitrogen and oxygen atoms in total. The van der Waals surface area contributed by atoms with Crippen LogP contribution in [-0.4, -0.2) is 37.4 Å². The number of para-hydroxylation sites is 1. The van der Waals surface area contributed by atoms with E-state index >= 15 is 0 Å². The second-order valence-corrected chi connectivity index (χ2v) is 4.55. The van der Waals surface area contributed by atoms with Gasteiger partial charge in [-0.2, -0.15) is 0 Å². The van der Waals surface area contributed by atoms with Crippen molar-refractivity contribution in [3.8, 4) is 0 Å². The zero-order valence-electron chi connectivity index (χ0n) is 10.2. The molecule has 1 aromatic rings. The van der Waals surface area contributed by atoms with Gasteiger partial charge in [-0.3, -0.25) is 4.79 Å². The molecule has 18 heavy (non-hydrogen) atoms. The monoisotopic (exact) mass is 254 g/mol. The number of halogens is 2. The van der Waals surface area contributed by atoms with Crippen molar-refractivity contribution in [2.24, 2.45) is 5.92 Å². The van der Waals surface area contributed by atoms with Crippen LogP contribution in [0.5, 0.6) is 0 Å². The number of hydrogen-bond donors (Lipinski definition) is 1. The quantitative estimate of drug-likeness (QED) is 0.894. The van der Waals surface area contributed by atoms with Gasteiger partial charge in [-0.25, -0.2) is 8.78 Å². The molecule has 0 aromatic heterocycles. The zero-order chi connectivity index (χ0) is 13.1. The van der Waals surface area contributed by atoms with Crippen molar-refractivity contribution >= 4 is 11.6 Å². The summed E-state index contributed by atoms with van der Waals surface area (Å²) in [5.41, 5.74) is 2.09. The molecule has 1 N–H and O–H groups in total. The standard InChI is InChI=1S/C13H16F2N2O/c1-17(8-12(14)15)13(18)10-6-9-4-2-3-5-11(9)16-7-10/h2-5,10,12,16H,6-8H2,1H3. The number of nitrogens with one attached hydrogen (secondary N) is 1.